The van der Waals surface area contributed by atoms with E-state index >= 15 is 0 Å². The molecular weight excluding hydrogens is 250 g/mol. The van der Waals surface area contributed by atoms with Crippen molar-refractivity contribution in [3.8, 4) is 0 Å². The molecule has 0 spiro atoms. The zero-order chi connectivity index (χ0) is 13.9. The Kier molecular flexibility index (Phi) is 4.01. The van der Waals surface area contributed by atoms with E-state index in [1.165, 1.54) is 25.7 Å². The molecule has 1 aliphatic heterocycles. The van der Waals surface area contributed by atoms with Crippen molar-refractivity contribution in [1.82, 2.24) is 15.2 Å². The molecule has 20 heavy (non-hydrogen) atoms. The predicted molar refractivity (Wildman–Crippen MR) is 78.0 cm³/mol. The lowest BCUT2D eigenvalue weighted by Gasteiger charge is -2.24. The molecule has 4 nitrogen and oxygen atoms in total. The lowest BCUT2D eigenvalue weighted by Crippen LogP contribution is -2.43. The molecule has 2 heterocycles. The Morgan fingerprint density at radius 2 is 2.30 bits per heavy atom. The van der Waals surface area contributed by atoms with Crippen molar-refractivity contribution in [2.75, 3.05) is 7.05 Å². The number of pyridine rings is 1. The zero-order valence-corrected chi connectivity index (χ0v) is 12.1. The predicted octanol–water partition coefficient (Wildman–Crippen LogP) is 1.96. The van der Waals surface area contributed by atoms with E-state index in [0.717, 1.165) is 12.0 Å². The fourth-order valence-corrected chi connectivity index (χ4v) is 3.62. The summed E-state index contributed by atoms with van der Waals surface area (Å²) in [6.45, 7) is 0.639. The highest BCUT2D eigenvalue weighted by molar-refractivity contribution is 5.82. The molecule has 1 aliphatic carbocycles. The number of nitrogens with zero attached hydrogens (tertiary/aromatic N) is 2. The fourth-order valence-electron chi connectivity index (χ4n) is 3.62. The number of hydrogen-bond donors (Lipinski definition) is 1. The summed E-state index contributed by atoms with van der Waals surface area (Å²) in [5.41, 5.74) is 1.08. The second-order valence-electron chi connectivity index (χ2n) is 6.16. The van der Waals surface area contributed by atoms with Gasteiger partial charge in [0.25, 0.3) is 0 Å². The molecule has 0 radical (unpaired) electrons. The average molecular weight is 273 g/mol. The number of fused-ring (bicyclic) bond motifs is 1. The molecule has 0 aromatic carbocycles. The van der Waals surface area contributed by atoms with E-state index in [2.05, 4.69) is 10.3 Å². The minimum absolute atomic E-state index is 0.0183. The minimum atomic E-state index is 0.0183. The van der Waals surface area contributed by atoms with Gasteiger partial charge in [-0.25, -0.2) is 0 Å². The van der Waals surface area contributed by atoms with Crippen LogP contribution in [-0.4, -0.2) is 34.9 Å². The van der Waals surface area contributed by atoms with Gasteiger partial charge in [-0.1, -0.05) is 18.9 Å². The Bertz CT molecular complexity index is 448. The largest absolute Gasteiger partial charge is 0.340 e. The summed E-state index contributed by atoms with van der Waals surface area (Å²) in [5.74, 6) is 0.938. The number of likely N-dealkylation sites (N-methyl/N-ethyl adjacent to an activating group) is 1. The lowest BCUT2D eigenvalue weighted by molar-refractivity contribution is -0.132. The molecule has 3 unspecified atom stereocenters. The molecule has 108 valence electrons. The molecule has 1 saturated carbocycles. The van der Waals surface area contributed by atoms with E-state index in [9.17, 15) is 4.79 Å². The van der Waals surface area contributed by atoms with E-state index in [1.807, 2.05) is 30.3 Å². The summed E-state index contributed by atoms with van der Waals surface area (Å²) >= 11 is 0. The normalized spacial score (nSPS) is 28.9. The monoisotopic (exact) mass is 273 g/mol. The maximum Gasteiger partial charge on any atom is 0.239 e. The highest BCUT2D eigenvalue weighted by atomic mass is 16.2. The van der Waals surface area contributed by atoms with Crippen molar-refractivity contribution in [2.45, 2.75) is 50.7 Å². The number of rotatable bonds is 3. The highest BCUT2D eigenvalue weighted by Crippen LogP contribution is 2.33. The summed E-state index contributed by atoms with van der Waals surface area (Å²) in [4.78, 5) is 18.5. The number of aromatic nitrogens is 1. The molecule has 1 aromatic rings. The third-order valence-electron chi connectivity index (χ3n) is 4.68. The van der Waals surface area contributed by atoms with E-state index < -0.39 is 0 Å². The summed E-state index contributed by atoms with van der Waals surface area (Å²) in [7, 11) is 1.89. The lowest BCUT2D eigenvalue weighted by atomic mass is 9.85. The van der Waals surface area contributed by atoms with Crippen LogP contribution in [0, 0.1) is 5.92 Å². The van der Waals surface area contributed by atoms with Crippen molar-refractivity contribution in [2.24, 2.45) is 5.92 Å². The van der Waals surface area contributed by atoms with Crippen molar-refractivity contribution >= 4 is 5.91 Å². The topological polar surface area (TPSA) is 45.2 Å². The van der Waals surface area contributed by atoms with Crippen LogP contribution in [-0.2, 0) is 11.3 Å². The van der Waals surface area contributed by atoms with Gasteiger partial charge in [-0.2, -0.15) is 0 Å². The smallest absolute Gasteiger partial charge is 0.239 e. The van der Waals surface area contributed by atoms with Gasteiger partial charge in [-0.05, 0) is 36.8 Å². The number of hydrogen-bond acceptors (Lipinski definition) is 3. The number of nitrogens with one attached hydrogen (secondary N) is 1. The number of carbonyl (C=O) groups is 1. The molecule has 1 N–H and O–H groups in total. The average Bonchev–Trinajstić information content (AvgIpc) is 2.91. The van der Waals surface area contributed by atoms with Crippen LogP contribution in [0.15, 0.2) is 24.5 Å². The van der Waals surface area contributed by atoms with E-state index in [4.69, 9.17) is 0 Å². The maximum atomic E-state index is 12.5. The van der Waals surface area contributed by atoms with Gasteiger partial charge < -0.3 is 10.2 Å². The zero-order valence-electron chi connectivity index (χ0n) is 12.1. The SMILES string of the molecule is CN(Cc1cccnc1)C(=O)C1CC2CCCCC2N1. The van der Waals surface area contributed by atoms with Gasteiger partial charge in [0.15, 0.2) is 0 Å². The van der Waals surface area contributed by atoms with E-state index in [0.29, 0.717) is 18.5 Å². The molecule has 2 fully saturated rings. The molecule has 4 heteroatoms. The summed E-state index contributed by atoms with van der Waals surface area (Å²) in [6.07, 6.45) is 9.76. The standard InChI is InChI=1S/C16H23N3O/c1-19(11-12-5-4-8-17-10-12)16(20)15-9-13-6-2-3-7-14(13)18-15/h4-5,8,10,13-15,18H,2-3,6-7,9,11H2,1H3. The van der Waals surface area contributed by atoms with E-state index in [1.54, 1.807) is 6.20 Å². The first-order chi connectivity index (χ1) is 9.74. The minimum Gasteiger partial charge on any atom is -0.340 e. The number of carbonyl (C=O) groups excluding carboxylic acids is 1. The van der Waals surface area contributed by atoms with Crippen LogP contribution in [0.3, 0.4) is 0 Å². The fraction of sp³-hybridized carbons (Fsp3) is 0.625. The van der Waals surface area contributed by atoms with Crippen LogP contribution in [0.1, 0.15) is 37.7 Å². The molecule has 1 saturated heterocycles. The van der Waals surface area contributed by atoms with Gasteiger partial charge in [0, 0.05) is 32.0 Å². The molecule has 3 rings (SSSR count). The summed E-state index contributed by atoms with van der Waals surface area (Å²) < 4.78 is 0. The van der Waals surface area contributed by atoms with Crippen LogP contribution in [0.2, 0.25) is 0 Å². The molecule has 0 bridgehead atoms. The quantitative estimate of drug-likeness (QED) is 0.915. The van der Waals surface area contributed by atoms with Crippen molar-refractivity contribution in [3.63, 3.8) is 0 Å². The Morgan fingerprint density at radius 3 is 3.05 bits per heavy atom. The summed E-state index contributed by atoms with van der Waals surface area (Å²) in [6, 6.07) is 4.52. The van der Waals surface area contributed by atoms with Crippen LogP contribution in [0.5, 0.6) is 0 Å². The second-order valence-corrected chi connectivity index (χ2v) is 6.16. The Labute approximate surface area is 120 Å². The third-order valence-corrected chi connectivity index (χ3v) is 4.68. The Hall–Kier alpha value is -1.42. The van der Waals surface area contributed by atoms with Crippen molar-refractivity contribution < 1.29 is 4.79 Å². The third kappa shape index (κ3) is 2.85. The maximum absolute atomic E-state index is 12.5. The van der Waals surface area contributed by atoms with Crippen molar-refractivity contribution in [1.29, 1.82) is 0 Å². The van der Waals surface area contributed by atoms with Crippen LogP contribution >= 0.6 is 0 Å². The first-order valence-corrected chi connectivity index (χ1v) is 7.64. The summed E-state index contributed by atoms with van der Waals surface area (Å²) in [5, 5.41) is 3.55. The van der Waals surface area contributed by atoms with Crippen LogP contribution in [0.4, 0.5) is 0 Å². The highest BCUT2D eigenvalue weighted by Gasteiger charge is 2.39. The van der Waals surface area contributed by atoms with Gasteiger partial charge in [-0.3, -0.25) is 9.78 Å². The molecule has 1 amide bonds. The Morgan fingerprint density at radius 1 is 1.45 bits per heavy atom. The van der Waals surface area contributed by atoms with Crippen LogP contribution < -0.4 is 5.32 Å². The molecular formula is C16H23N3O. The van der Waals surface area contributed by atoms with Gasteiger partial charge in [0.2, 0.25) is 5.91 Å². The van der Waals surface area contributed by atoms with E-state index in [-0.39, 0.29) is 11.9 Å². The second kappa shape index (κ2) is 5.92. The van der Waals surface area contributed by atoms with Gasteiger partial charge >= 0.3 is 0 Å². The Balaban J connectivity index is 1.58. The van der Waals surface area contributed by atoms with Crippen LogP contribution in [0.25, 0.3) is 0 Å². The van der Waals surface area contributed by atoms with Gasteiger partial charge in [0.05, 0.1) is 6.04 Å². The molecule has 2 aliphatic rings. The number of amides is 1. The van der Waals surface area contributed by atoms with Crippen molar-refractivity contribution in [3.05, 3.63) is 30.1 Å². The van der Waals surface area contributed by atoms with Gasteiger partial charge in [0.1, 0.15) is 0 Å². The molecule has 3 atom stereocenters. The van der Waals surface area contributed by atoms with Gasteiger partial charge in [-0.15, -0.1) is 0 Å². The first-order valence-electron chi connectivity index (χ1n) is 7.64. The molecule has 1 aromatic heterocycles. The first kappa shape index (κ1) is 13.6.